The Balaban J connectivity index is 2.41. The average molecular weight is 156 g/mol. The fourth-order valence-corrected chi connectivity index (χ4v) is 1.53. The summed E-state index contributed by atoms with van der Waals surface area (Å²) < 4.78 is 5.18. The van der Waals surface area contributed by atoms with Gasteiger partial charge in [-0.15, -0.1) is 6.58 Å². The Morgan fingerprint density at radius 2 is 2.09 bits per heavy atom. The minimum atomic E-state index is -0.616. The molecule has 11 heavy (non-hydrogen) atoms. The first-order valence-electron chi connectivity index (χ1n) is 4.09. The number of hydrogen-bond acceptors (Lipinski definition) is 2. The summed E-state index contributed by atoms with van der Waals surface area (Å²) >= 11 is 0. The van der Waals surface area contributed by atoms with Crippen molar-refractivity contribution in [2.24, 2.45) is 0 Å². The molecule has 1 N–H and O–H groups in total. The molecule has 1 rings (SSSR count). The van der Waals surface area contributed by atoms with Crippen LogP contribution >= 0.6 is 0 Å². The van der Waals surface area contributed by atoms with Crippen LogP contribution in [0.15, 0.2) is 12.7 Å². The molecule has 0 amide bonds. The van der Waals surface area contributed by atoms with Crippen LogP contribution < -0.4 is 0 Å². The lowest BCUT2D eigenvalue weighted by atomic mass is 9.83. The zero-order valence-corrected chi connectivity index (χ0v) is 7.05. The zero-order valence-electron chi connectivity index (χ0n) is 7.05. The first kappa shape index (κ1) is 8.75. The Bertz CT molecular complexity index is 134. The van der Waals surface area contributed by atoms with Crippen molar-refractivity contribution in [1.29, 1.82) is 0 Å². The molecule has 0 radical (unpaired) electrons. The van der Waals surface area contributed by atoms with Crippen molar-refractivity contribution in [3.8, 4) is 0 Å². The van der Waals surface area contributed by atoms with Crippen LogP contribution in [0.25, 0.3) is 0 Å². The van der Waals surface area contributed by atoms with Crippen molar-refractivity contribution in [3.63, 3.8) is 0 Å². The van der Waals surface area contributed by atoms with E-state index in [1.54, 1.807) is 13.2 Å². The van der Waals surface area contributed by atoms with Gasteiger partial charge in [-0.05, 0) is 25.7 Å². The molecule has 64 valence electrons. The summed E-state index contributed by atoms with van der Waals surface area (Å²) in [5.74, 6) is 0. The summed E-state index contributed by atoms with van der Waals surface area (Å²) in [5, 5.41) is 9.72. The molecule has 2 nitrogen and oxygen atoms in total. The second-order valence-electron chi connectivity index (χ2n) is 3.24. The van der Waals surface area contributed by atoms with Gasteiger partial charge >= 0.3 is 0 Å². The van der Waals surface area contributed by atoms with Crippen LogP contribution in [0.4, 0.5) is 0 Å². The van der Waals surface area contributed by atoms with Crippen molar-refractivity contribution in [3.05, 3.63) is 12.7 Å². The Hall–Kier alpha value is -0.340. The molecule has 0 bridgehead atoms. The quantitative estimate of drug-likeness (QED) is 0.614. The highest BCUT2D eigenvalue weighted by atomic mass is 16.5. The van der Waals surface area contributed by atoms with Crippen LogP contribution in [-0.2, 0) is 4.74 Å². The van der Waals surface area contributed by atoms with E-state index in [1.165, 1.54) is 0 Å². The molecular weight excluding hydrogens is 140 g/mol. The van der Waals surface area contributed by atoms with Gasteiger partial charge < -0.3 is 9.84 Å². The first-order valence-corrected chi connectivity index (χ1v) is 4.09. The van der Waals surface area contributed by atoms with E-state index >= 15 is 0 Å². The molecular formula is C9H16O2. The van der Waals surface area contributed by atoms with Gasteiger partial charge in [0.15, 0.2) is 0 Å². The molecule has 0 aliphatic heterocycles. The number of aliphatic hydroxyl groups is 1. The fraction of sp³-hybridized carbons (Fsp3) is 0.778. The summed E-state index contributed by atoms with van der Waals surface area (Å²) in [6.07, 6.45) is 5.45. The van der Waals surface area contributed by atoms with Crippen LogP contribution in [0, 0.1) is 0 Å². The average Bonchev–Trinajstić information content (AvgIpc) is 2.06. The Morgan fingerprint density at radius 3 is 2.45 bits per heavy atom. The summed E-state index contributed by atoms with van der Waals surface area (Å²) in [5.41, 5.74) is -0.616. The van der Waals surface area contributed by atoms with Crippen molar-refractivity contribution >= 4 is 0 Å². The summed E-state index contributed by atoms with van der Waals surface area (Å²) in [6, 6.07) is 0. The van der Waals surface area contributed by atoms with E-state index in [9.17, 15) is 5.11 Å². The highest BCUT2D eigenvalue weighted by Crippen LogP contribution is 2.30. The van der Waals surface area contributed by atoms with Crippen molar-refractivity contribution < 1.29 is 9.84 Å². The van der Waals surface area contributed by atoms with E-state index in [4.69, 9.17) is 4.74 Å². The number of ether oxygens (including phenoxy) is 1. The van der Waals surface area contributed by atoms with Gasteiger partial charge in [-0.1, -0.05) is 6.08 Å². The predicted octanol–water partition coefficient (Wildman–Crippen LogP) is 1.49. The number of hydrogen-bond donors (Lipinski definition) is 1. The monoisotopic (exact) mass is 156 g/mol. The molecule has 1 aliphatic rings. The standard InChI is InChI=1S/C9H16O2/c1-3-9(10)6-4-8(11-2)5-7-9/h3,8,10H,1,4-7H2,2H3. The molecule has 0 unspecified atom stereocenters. The highest BCUT2D eigenvalue weighted by molar-refractivity contribution is 4.98. The Morgan fingerprint density at radius 1 is 1.55 bits per heavy atom. The Labute approximate surface area is 67.9 Å². The van der Waals surface area contributed by atoms with Gasteiger partial charge in [0.2, 0.25) is 0 Å². The maximum Gasteiger partial charge on any atom is 0.0827 e. The normalized spacial score (nSPS) is 38.5. The van der Waals surface area contributed by atoms with Crippen molar-refractivity contribution in [1.82, 2.24) is 0 Å². The molecule has 0 heterocycles. The van der Waals surface area contributed by atoms with Crippen molar-refractivity contribution in [2.45, 2.75) is 37.4 Å². The van der Waals surface area contributed by atoms with E-state index in [0.29, 0.717) is 6.10 Å². The van der Waals surface area contributed by atoms with E-state index < -0.39 is 5.60 Å². The molecule has 0 aromatic carbocycles. The molecule has 0 spiro atoms. The summed E-state index contributed by atoms with van der Waals surface area (Å²) in [7, 11) is 1.73. The van der Waals surface area contributed by atoms with Gasteiger partial charge in [0.25, 0.3) is 0 Å². The second kappa shape index (κ2) is 3.37. The van der Waals surface area contributed by atoms with Crippen LogP contribution in [0.2, 0.25) is 0 Å². The van der Waals surface area contributed by atoms with E-state index in [-0.39, 0.29) is 0 Å². The number of methoxy groups -OCH3 is 1. The largest absolute Gasteiger partial charge is 0.386 e. The summed E-state index contributed by atoms with van der Waals surface area (Å²) in [4.78, 5) is 0. The van der Waals surface area contributed by atoms with E-state index in [0.717, 1.165) is 25.7 Å². The minimum Gasteiger partial charge on any atom is -0.386 e. The smallest absolute Gasteiger partial charge is 0.0827 e. The SMILES string of the molecule is C=CC1(O)CCC(OC)CC1. The third-order valence-corrected chi connectivity index (χ3v) is 2.51. The maximum atomic E-state index is 9.72. The molecule has 1 fully saturated rings. The Kier molecular flexibility index (Phi) is 2.68. The third-order valence-electron chi connectivity index (χ3n) is 2.51. The maximum absolute atomic E-state index is 9.72. The second-order valence-corrected chi connectivity index (χ2v) is 3.24. The van der Waals surface area contributed by atoms with Gasteiger partial charge in [-0.25, -0.2) is 0 Å². The lowest BCUT2D eigenvalue weighted by Gasteiger charge is -2.32. The van der Waals surface area contributed by atoms with Crippen LogP contribution in [0.5, 0.6) is 0 Å². The highest BCUT2D eigenvalue weighted by Gasteiger charge is 2.29. The van der Waals surface area contributed by atoms with E-state index in [1.807, 2.05) is 0 Å². The van der Waals surface area contributed by atoms with E-state index in [2.05, 4.69) is 6.58 Å². The zero-order chi connectivity index (χ0) is 8.32. The lowest BCUT2D eigenvalue weighted by Crippen LogP contribution is -2.34. The fourth-order valence-electron chi connectivity index (χ4n) is 1.53. The molecule has 1 aliphatic carbocycles. The van der Waals surface area contributed by atoms with Gasteiger partial charge in [-0.2, -0.15) is 0 Å². The van der Waals surface area contributed by atoms with Gasteiger partial charge in [0.05, 0.1) is 11.7 Å². The van der Waals surface area contributed by atoms with Crippen molar-refractivity contribution in [2.75, 3.05) is 7.11 Å². The minimum absolute atomic E-state index is 0.343. The molecule has 0 saturated heterocycles. The van der Waals surface area contributed by atoms with Crippen LogP contribution in [0.3, 0.4) is 0 Å². The van der Waals surface area contributed by atoms with Gasteiger partial charge in [0, 0.05) is 7.11 Å². The molecule has 0 aromatic heterocycles. The summed E-state index contributed by atoms with van der Waals surface area (Å²) in [6.45, 7) is 3.62. The van der Waals surface area contributed by atoms with Crippen LogP contribution in [-0.4, -0.2) is 23.9 Å². The van der Waals surface area contributed by atoms with Gasteiger partial charge in [0.1, 0.15) is 0 Å². The predicted molar refractivity (Wildman–Crippen MR) is 44.4 cm³/mol. The molecule has 1 saturated carbocycles. The lowest BCUT2D eigenvalue weighted by molar-refractivity contribution is -0.0135. The topological polar surface area (TPSA) is 29.5 Å². The number of rotatable bonds is 2. The van der Waals surface area contributed by atoms with Gasteiger partial charge in [-0.3, -0.25) is 0 Å². The third kappa shape index (κ3) is 2.04. The first-order chi connectivity index (χ1) is 5.20. The molecule has 0 atom stereocenters. The molecule has 0 aromatic rings. The molecule has 2 heteroatoms. The van der Waals surface area contributed by atoms with Crippen LogP contribution in [0.1, 0.15) is 25.7 Å².